The van der Waals surface area contributed by atoms with Crippen LogP contribution in [0.3, 0.4) is 0 Å². The van der Waals surface area contributed by atoms with Gasteiger partial charge in [0.2, 0.25) is 0 Å². The minimum atomic E-state index is -1.45. The summed E-state index contributed by atoms with van der Waals surface area (Å²) in [7, 11) is 1.41. The van der Waals surface area contributed by atoms with Crippen molar-refractivity contribution in [3.63, 3.8) is 0 Å². The van der Waals surface area contributed by atoms with Gasteiger partial charge >= 0.3 is 0 Å². The molecule has 0 amide bonds. The smallest absolute Gasteiger partial charge is 0.178 e. The van der Waals surface area contributed by atoms with E-state index in [0.29, 0.717) is 6.42 Å². The molecular formula is C5H13BO2. The van der Waals surface area contributed by atoms with Crippen LogP contribution in [0.25, 0.3) is 0 Å². The molecule has 0 aromatic carbocycles. The topological polar surface area (TPSA) is 40.5 Å². The average Bonchev–Trinajstić information content (AvgIpc) is 1.59. The molecule has 48 valence electrons. The van der Waals surface area contributed by atoms with Gasteiger partial charge in [-0.1, -0.05) is 13.3 Å². The molecule has 0 saturated heterocycles. The van der Waals surface area contributed by atoms with Crippen LogP contribution in [-0.4, -0.2) is 23.7 Å². The molecule has 0 aliphatic carbocycles. The molecule has 0 radical (unpaired) electrons. The van der Waals surface area contributed by atoms with Gasteiger partial charge in [0, 0.05) is 0 Å². The Balaban J connectivity index is 3.11. The Morgan fingerprint density at radius 1 is 1.50 bits per heavy atom. The van der Waals surface area contributed by atoms with E-state index in [2.05, 4.69) is 0 Å². The van der Waals surface area contributed by atoms with Crippen LogP contribution >= 0.6 is 0 Å². The molecule has 0 aliphatic rings. The van der Waals surface area contributed by atoms with Crippen LogP contribution in [0.15, 0.2) is 0 Å². The maximum absolute atomic E-state index is 8.70. The quantitative estimate of drug-likeness (QED) is 0.383. The van der Waals surface area contributed by atoms with Crippen molar-refractivity contribution >= 4 is 7.85 Å². The van der Waals surface area contributed by atoms with Gasteiger partial charge in [0.05, 0.1) is 0 Å². The fourth-order valence-corrected chi connectivity index (χ4v) is 0.512. The number of hydrogen-bond donors (Lipinski definition) is 2. The molecule has 8 heavy (non-hydrogen) atoms. The second-order valence-electron chi connectivity index (χ2n) is 2.32. The first kappa shape index (κ1) is 7.98. The van der Waals surface area contributed by atoms with E-state index in [1.807, 2.05) is 6.92 Å². The summed E-state index contributed by atoms with van der Waals surface area (Å²) in [6.45, 7) is 2.02. The van der Waals surface area contributed by atoms with E-state index in [4.69, 9.17) is 10.2 Å². The fraction of sp³-hybridized carbons (Fsp3) is 1.00. The average molecular weight is 116 g/mol. The zero-order valence-electron chi connectivity index (χ0n) is 5.52. The van der Waals surface area contributed by atoms with Gasteiger partial charge < -0.3 is 10.2 Å². The first-order valence-corrected chi connectivity index (χ1v) is 3.01. The summed E-state index contributed by atoms with van der Waals surface area (Å²) >= 11 is 0. The first-order valence-electron chi connectivity index (χ1n) is 3.01. The Bertz CT molecular complexity index is 57.9. The second kappa shape index (κ2) is 3.10. The Hall–Kier alpha value is -0.0151. The number of aliphatic hydroxyl groups is 2. The normalized spacial score (nSPS) is 11.9. The van der Waals surface area contributed by atoms with E-state index in [9.17, 15) is 0 Å². The van der Waals surface area contributed by atoms with E-state index in [-0.39, 0.29) is 0 Å². The summed E-state index contributed by atoms with van der Waals surface area (Å²) in [4.78, 5) is 0. The molecule has 0 aromatic rings. The minimum absolute atomic E-state index is 0.476. The van der Waals surface area contributed by atoms with Crippen LogP contribution in [0, 0.1) is 0 Å². The molecule has 0 bridgehead atoms. The Kier molecular flexibility index (Phi) is 3.09. The van der Waals surface area contributed by atoms with Crippen molar-refractivity contribution in [2.75, 3.05) is 0 Å². The highest BCUT2D eigenvalue weighted by Gasteiger charge is 2.12. The maximum Gasteiger partial charge on any atom is 0.178 e. The van der Waals surface area contributed by atoms with Crippen molar-refractivity contribution in [3.05, 3.63) is 0 Å². The lowest BCUT2D eigenvalue weighted by molar-refractivity contribution is -0.0911. The van der Waals surface area contributed by atoms with Crippen LogP contribution in [-0.2, 0) is 0 Å². The highest BCUT2D eigenvalue weighted by Crippen LogP contribution is 2.04. The van der Waals surface area contributed by atoms with Gasteiger partial charge in [0.1, 0.15) is 5.69 Å². The van der Waals surface area contributed by atoms with Crippen molar-refractivity contribution in [2.24, 2.45) is 0 Å². The van der Waals surface area contributed by atoms with Gasteiger partial charge in [-0.3, -0.25) is 0 Å². The van der Waals surface area contributed by atoms with Gasteiger partial charge in [0.25, 0.3) is 0 Å². The molecule has 0 heterocycles. The van der Waals surface area contributed by atoms with Crippen LogP contribution in [0.2, 0.25) is 0 Å². The summed E-state index contributed by atoms with van der Waals surface area (Å²) < 4.78 is 0. The Morgan fingerprint density at radius 3 is 2.12 bits per heavy atom. The molecule has 0 saturated carbocycles. The van der Waals surface area contributed by atoms with Crippen molar-refractivity contribution in [1.29, 1.82) is 0 Å². The summed E-state index contributed by atoms with van der Waals surface area (Å²) in [6, 6.07) is 0. The fourth-order valence-electron chi connectivity index (χ4n) is 0.512. The van der Waals surface area contributed by atoms with Gasteiger partial charge in [-0.05, 0) is 12.8 Å². The first-order chi connectivity index (χ1) is 3.56. The third-order valence-electron chi connectivity index (χ3n) is 1.00. The summed E-state index contributed by atoms with van der Waals surface area (Å²) in [5.41, 5.74) is -1.45. The molecule has 2 N–H and O–H groups in total. The second-order valence-corrected chi connectivity index (χ2v) is 2.32. The zero-order chi connectivity index (χ0) is 6.62. The zero-order valence-corrected chi connectivity index (χ0v) is 5.52. The SMILES string of the molecule is BC(O)(O)CCCC. The van der Waals surface area contributed by atoms with Crippen LogP contribution in [0.1, 0.15) is 26.2 Å². The Labute approximate surface area is 50.9 Å². The molecule has 2 nitrogen and oxygen atoms in total. The minimum Gasteiger partial charge on any atom is -0.374 e. The summed E-state index contributed by atoms with van der Waals surface area (Å²) in [6.07, 6.45) is 2.36. The predicted molar refractivity (Wildman–Crippen MR) is 35.2 cm³/mol. The molecule has 3 heteroatoms. The summed E-state index contributed by atoms with van der Waals surface area (Å²) in [5.74, 6) is 0. The lowest BCUT2D eigenvalue weighted by Crippen LogP contribution is -2.27. The van der Waals surface area contributed by atoms with E-state index in [1.165, 1.54) is 7.85 Å². The van der Waals surface area contributed by atoms with E-state index in [1.54, 1.807) is 0 Å². The molecule has 0 atom stereocenters. The van der Waals surface area contributed by atoms with Crippen LogP contribution < -0.4 is 0 Å². The van der Waals surface area contributed by atoms with E-state index < -0.39 is 5.69 Å². The van der Waals surface area contributed by atoms with Crippen molar-refractivity contribution < 1.29 is 10.2 Å². The van der Waals surface area contributed by atoms with E-state index >= 15 is 0 Å². The standard InChI is InChI=1S/C5H13BO2/c1-2-3-4-5(6,7)8/h7-8H,2-4,6H2,1H3. The number of rotatable bonds is 3. The molecule has 0 fully saturated rings. The van der Waals surface area contributed by atoms with Crippen LogP contribution in [0.4, 0.5) is 0 Å². The van der Waals surface area contributed by atoms with Crippen molar-refractivity contribution in [1.82, 2.24) is 0 Å². The van der Waals surface area contributed by atoms with Gasteiger partial charge in [-0.15, -0.1) is 0 Å². The third kappa shape index (κ3) is 5.98. The van der Waals surface area contributed by atoms with Gasteiger partial charge in [0.15, 0.2) is 7.85 Å². The van der Waals surface area contributed by atoms with Crippen molar-refractivity contribution in [3.8, 4) is 0 Å². The van der Waals surface area contributed by atoms with Crippen LogP contribution in [0.5, 0.6) is 0 Å². The number of unbranched alkanes of at least 4 members (excludes halogenated alkanes) is 1. The lowest BCUT2D eigenvalue weighted by Gasteiger charge is -2.14. The molecule has 0 rings (SSSR count). The largest absolute Gasteiger partial charge is 0.374 e. The lowest BCUT2D eigenvalue weighted by atomic mass is 9.90. The molecular weight excluding hydrogens is 103 g/mol. The highest BCUT2D eigenvalue weighted by atomic mass is 16.5. The maximum atomic E-state index is 8.70. The Morgan fingerprint density at radius 2 is 2.00 bits per heavy atom. The molecule has 0 spiro atoms. The third-order valence-corrected chi connectivity index (χ3v) is 1.00. The summed E-state index contributed by atoms with van der Waals surface area (Å²) in [5, 5.41) is 17.4. The highest BCUT2D eigenvalue weighted by molar-refractivity contribution is 6.12. The van der Waals surface area contributed by atoms with E-state index in [0.717, 1.165) is 12.8 Å². The van der Waals surface area contributed by atoms with Crippen molar-refractivity contribution in [2.45, 2.75) is 31.9 Å². The molecule has 0 aliphatic heterocycles. The van der Waals surface area contributed by atoms with Gasteiger partial charge in [-0.25, -0.2) is 0 Å². The monoisotopic (exact) mass is 116 g/mol. The predicted octanol–water partition coefficient (Wildman–Crippen LogP) is -0.552. The molecule has 0 aromatic heterocycles. The molecule has 0 unspecified atom stereocenters. The number of hydrogen-bond acceptors (Lipinski definition) is 2. The van der Waals surface area contributed by atoms with Gasteiger partial charge in [-0.2, -0.15) is 0 Å².